The Morgan fingerprint density at radius 2 is 1.80 bits per heavy atom. The summed E-state index contributed by atoms with van der Waals surface area (Å²) in [7, 11) is -3.13. The third kappa shape index (κ3) is 8.36. The normalized spacial score (nSPS) is 14.6. The highest BCUT2D eigenvalue weighted by Crippen LogP contribution is 2.24. The summed E-state index contributed by atoms with van der Waals surface area (Å²) in [5.74, 6) is 0.255. The van der Waals surface area contributed by atoms with Crippen LogP contribution in [0.15, 0.2) is 24.3 Å². The van der Waals surface area contributed by atoms with E-state index < -0.39 is 15.9 Å². The molecule has 3 N–H and O–H groups in total. The minimum atomic E-state index is -3.13. The molecule has 7 heteroatoms. The summed E-state index contributed by atoms with van der Waals surface area (Å²) in [6.07, 6.45) is 1.23. The van der Waals surface area contributed by atoms with Gasteiger partial charge in [-0.15, -0.1) is 0 Å². The highest BCUT2D eigenvalue weighted by atomic mass is 32.2. The Morgan fingerprint density at radius 1 is 1.24 bits per heavy atom. The fourth-order valence-corrected chi connectivity index (χ4v) is 2.82. The molecule has 0 aliphatic carbocycles. The predicted molar refractivity (Wildman–Crippen MR) is 101 cm³/mol. The zero-order chi connectivity index (χ0) is 19.3. The van der Waals surface area contributed by atoms with Crippen LogP contribution in [0.3, 0.4) is 0 Å². The van der Waals surface area contributed by atoms with Crippen LogP contribution < -0.4 is 15.8 Å². The monoisotopic (exact) mass is 370 g/mol. The second kappa shape index (κ2) is 8.67. The van der Waals surface area contributed by atoms with Gasteiger partial charge in [-0.3, -0.25) is 4.79 Å². The Balaban J connectivity index is 2.43. The van der Waals surface area contributed by atoms with Crippen molar-refractivity contribution < 1.29 is 17.9 Å². The molecule has 142 valence electrons. The van der Waals surface area contributed by atoms with E-state index in [4.69, 9.17) is 10.5 Å². The van der Waals surface area contributed by atoms with Gasteiger partial charge in [0.2, 0.25) is 5.91 Å². The quantitative estimate of drug-likeness (QED) is 0.725. The van der Waals surface area contributed by atoms with E-state index in [-0.39, 0.29) is 29.5 Å². The van der Waals surface area contributed by atoms with Crippen LogP contribution in [0.4, 0.5) is 0 Å². The fraction of sp³-hybridized carbons (Fsp3) is 0.611. The minimum Gasteiger partial charge on any atom is -0.491 e. The van der Waals surface area contributed by atoms with Crippen molar-refractivity contribution >= 4 is 15.7 Å². The first kappa shape index (κ1) is 21.4. The van der Waals surface area contributed by atoms with Crippen LogP contribution in [0.1, 0.15) is 39.7 Å². The number of nitrogens with two attached hydrogens (primary N) is 1. The van der Waals surface area contributed by atoms with E-state index in [2.05, 4.69) is 26.1 Å². The van der Waals surface area contributed by atoms with Gasteiger partial charge in [-0.2, -0.15) is 0 Å². The molecule has 1 aromatic rings. The molecule has 25 heavy (non-hydrogen) atoms. The molecule has 0 bridgehead atoms. The maximum atomic E-state index is 12.0. The van der Waals surface area contributed by atoms with Gasteiger partial charge in [-0.25, -0.2) is 8.42 Å². The Morgan fingerprint density at radius 3 is 2.28 bits per heavy atom. The number of nitrogens with one attached hydrogen (secondary N) is 1. The lowest BCUT2D eigenvalue weighted by molar-refractivity contribution is -0.123. The summed E-state index contributed by atoms with van der Waals surface area (Å²) in [6.45, 7) is 8.55. The van der Waals surface area contributed by atoms with E-state index >= 15 is 0 Å². The average Bonchev–Trinajstić information content (AvgIpc) is 2.49. The van der Waals surface area contributed by atoms with Crippen LogP contribution in [0.5, 0.6) is 5.75 Å². The number of carbonyl (C=O) groups excluding carboxylic acids is 1. The van der Waals surface area contributed by atoms with Crippen LogP contribution in [-0.4, -0.2) is 45.0 Å². The van der Waals surface area contributed by atoms with Crippen LogP contribution >= 0.6 is 0 Å². The van der Waals surface area contributed by atoms with Crippen molar-refractivity contribution in [3.63, 3.8) is 0 Å². The highest BCUT2D eigenvalue weighted by molar-refractivity contribution is 7.90. The summed E-state index contributed by atoms with van der Waals surface area (Å²) in [4.78, 5) is 12.0. The van der Waals surface area contributed by atoms with E-state index in [9.17, 15) is 13.2 Å². The van der Waals surface area contributed by atoms with Crippen molar-refractivity contribution in [3.8, 4) is 5.75 Å². The highest BCUT2D eigenvalue weighted by Gasteiger charge is 2.18. The SMILES string of the molecule is CC(COc1ccc(C(C)(C)C)cc1)NC(=O)C(N)CCS(C)(=O)=O. The zero-order valence-corrected chi connectivity index (χ0v) is 16.5. The van der Waals surface area contributed by atoms with Gasteiger partial charge >= 0.3 is 0 Å². The summed E-state index contributed by atoms with van der Waals surface area (Å²) < 4.78 is 27.9. The predicted octanol–water partition coefficient (Wildman–Crippen LogP) is 1.63. The Labute approximate surface area is 151 Å². The topological polar surface area (TPSA) is 98.5 Å². The maximum Gasteiger partial charge on any atom is 0.237 e. The van der Waals surface area contributed by atoms with Crippen LogP contribution in [-0.2, 0) is 20.0 Å². The number of sulfone groups is 1. The van der Waals surface area contributed by atoms with Crippen molar-refractivity contribution in [1.82, 2.24) is 5.32 Å². The molecule has 0 saturated carbocycles. The smallest absolute Gasteiger partial charge is 0.237 e. The van der Waals surface area contributed by atoms with Crippen LogP contribution in [0.25, 0.3) is 0 Å². The molecule has 0 radical (unpaired) electrons. The molecule has 0 saturated heterocycles. The van der Waals surface area contributed by atoms with Gasteiger partial charge in [-0.1, -0.05) is 32.9 Å². The van der Waals surface area contributed by atoms with E-state index in [0.717, 1.165) is 12.0 Å². The molecule has 2 unspecified atom stereocenters. The molecule has 6 nitrogen and oxygen atoms in total. The third-order valence-corrected chi connectivity index (χ3v) is 4.72. The molecule has 1 aromatic carbocycles. The molecule has 1 rings (SSSR count). The number of benzene rings is 1. The summed E-state index contributed by atoms with van der Waals surface area (Å²) in [5, 5.41) is 2.74. The molecular formula is C18H30N2O4S. The van der Waals surface area contributed by atoms with Gasteiger partial charge in [0.05, 0.1) is 17.8 Å². The van der Waals surface area contributed by atoms with Gasteiger partial charge in [0.15, 0.2) is 0 Å². The molecule has 0 aromatic heterocycles. The average molecular weight is 371 g/mol. The first-order valence-electron chi connectivity index (χ1n) is 8.35. The van der Waals surface area contributed by atoms with Crippen molar-refractivity contribution in [2.24, 2.45) is 5.73 Å². The Hall–Kier alpha value is -1.60. The molecule has 0 heterocycles. The van der Waals surface area contributed by atoms with Crippen LogP contribution in [0, 0.1) is 0 Å². The first-order chi connectivity index (χ1) is 11.4. The van der Waals surface area contributed by atoms with Crippen molar-refractivity contribution in [2.45, 2.75) is 51.6 Å². The van der Waals surface area contributed by atoms with Gasteiger partial charge in [0, 0.05) is 6.26 Å². The number of ether oxygens (including phenoxy) is 1. The lowest BCUT2D eigenvalue weighted by Crippen LogP contribution is -2.46. The number of rotatable bonds is 8. The largest absolute Gasteiger partial charge is 0.491 e. The van der Waals surface area contributed by atoms with E-state index in [1.807, 2.05) is 31.2 Å². The molecule has 0 fully saturated rings. The van der Waals surface area contributed by atoms with E-state index in [1.54, 1.807) is 0 Å². The second-order valence-corrected chi connectivity index (χ2v) is 9.78. The minimum absolute atomic E-state index is 0.0852. The Bertz CT molecular complexity index is 663. The second-order valence-electron chi connectivity index (χ2n) is 7.52. The van der Waals surface area contributed by atoms with Crippen LogP contribution in [0.2, 0.25) is 0 Å². The lowest BCUT2D eigenvalue weighted by Gasteiger charge is -2.20. The molecule has 0 aliphatic rings. The molecule has 0 aliphatic heterocycles. The van der Waals surface area contributed by atoms with Crippen molar-refractivity contribution in [1.29, 1.82) is 0 Å². The number of amides is 1. The van der Waals surface area contributed by atoms with E-state index in [0.29, 0.717) is 6.61 Å². The molecule has 2 atom stereocenters. The van der Waals surface area contributed by atoms with Crippen molar-refractivity contribution in [3.05, 3.63) is 29.8 Å². The van der Waals surface area contributed by atoms with Gasteiger partial charge in [0.25, 0.3) is 0 Å². The molecular weight excluding hydrogens is 340 g/mol. The fourth-order valence-electron chi connectivity index (χ4n) is 2.14. The zero-order valence-electron chi connectivity index (χ0n) is 15.7. The molecule has 0 spiro atoms. The summed E-state index contributed by atoms with van der Waals surface area (Å²) >= 11 is 0. The van der Waals surface area contributed by atoms with Gasteiger partial charge in [0.1, 0.15) is 22.2 Å². The van der Waals surface area contributed by atoms with E-state index in [1.165, 1.54) is 5.56 Å². The number of hydrogen-bond donors (Lipinski definition) is 2. The number of hydrogen-bond acceptors (Lipinski definition) is 5. The van der Waals surface area contributed by atoms with Gasteiger partial charge in [-0.05, 0) is 36.5 Å². The molecule has 1 amide bonds. The summed E-state index contributed by atoms with van der Waals surface area (Å²) in [6, 6.07) is 6.79. The first-order valence-corrected chi connectivity index (χ1v) is 10.4. The summed E-state index contributed by atoms with van der Waals surface area (Å²) in [5.41, 5.74) is 7.03. The standard InChI is InChI=1S/C18H30N2O4S/c1-13(20-17(21)16(19)10-11-25(5,22)23)12-24-15-8-6-14(7-9-15)18(2,3)4/h6-9,13,16H,10-12,19H2,1-5H3,(H,20,21). The maximum absolute atomic E-state index is 12.0. The number of carbonyl (C=O) groups is 1. The Kier molecular flexibility index (Phi) is 7.44. The van der Waals surface area contributed by atoms with Crippen molar-refractivity contribution in [2.75, 3.05) is 18.6 Å². The van der Waals surface area contributed by atoms with Gasteiger partial charge < -0.3 is 15.8 Å². The third-order valence-electron chi connectivity index (χ3n) is 3.75. The lowest BCUT2D eigenvalue weighted by atomic mass is 9.87.